The zero-order valence-electron chi connectivity index (χ0n) is 11.8. The minimum atomic E-state index is 0.589. The van der Waals surface area contributed by atoms with Gasteiger partial charge in [0, 0.05) is 9.13 Å². The molecule has 2 aromatic heterocycles. The van der Waals surface area contributed by atoms with Crippen LogP contribution in [-0.2, 0) is 0 Å². The summed E-state index contributed by atoms with van der Waals surface area (Å²) in [5.41, 5.74) is 2.56. The summed E-state index contributed by atoms with van der Waals surface area (Å²) < 4.78 is 8.25. The van der Waals surface area contributed by atoms with Gasteiger partial charge < -0.3 is 4.52 Å². The third kappa shape index (κ3) is 2.63. The molecule has 0 radical (unpaired) electrons. The van der Waals surface area contributed by atoms with Crippen LogP contribution in [0.1, 0.15) is 0 Å². The lowest BCUT2D eigenvalue weighted by atomic mass is 10.1. The van der Waals surface area contributed by atoms with Crippen LogP contribution in [0, 0.1) is 3.57 Å². The number of aromatic nitrogens is 5. The third-order valence-electron chi connectivity index (χ3n) is 3.39. The molecule has 0 aliphatic heterocycles. The Morgan fingerprint density at radius 1 is 0.957 bits per heavy atom. The Hall–Kier alpha value is -2.55. The lowest BCUT2D eigenvalue weighted by molar-refractivity contribution is 0.432. The lowest BCUT2D eigenvalue weighted by Crippen LogP contribution is -1.99. The number of rotatable bonds is 3. The number of halogens is 1. The molecule has 0 N–H and O–H groups in total. The molecular formula is C16H10IN5O. The van der Waals surface area contributed by atoms with Gasteiger partial charge in [-0.2, -0.15) is 4.68 Å². The normalized spacial score (nSPS) is 10.8. The minimum absolute atomic E-state index is 0.589. The van der Waals surface area contributed by atoms with Gasteiger partial charge in [0.2, 0.25) is 0 Å². The topological polar surface area (TPSA) is 69.6 Å². The molecule has 0 saturated heterocycles. The highest BCUT2D eigenvalue weighted by Gasteiger charge is 2.19. The van der Waals surface area contributed by atoms with Crippen LogP contribution in [0.25, 0.3) is 28.4 Å². The molecule has 0 fully saturated rings. The average Bonchev–Trinajstić information content (AvgIpc) is 3.25. The van der Waals surface area contributed by atoms with E-state index >= 15 is 0 Å². The summed E-state index contributed by atoms with van der Waals surface area (Å²) in [6.45, 7) is 0. The van der Waals surface area contributed by atoms with E-state index in [0.717, 1.165) is 20.4 Å². The standard InChI is InChI=1S/C16H10IN5O/c17-12-6-8-13(9-7-12)22-16(19-20-21-22)14-10-18-23-15(14)11-4-2-1-3-5-11/h1-10H. The molecular weight excluding hydrogens is 405 g/mol. The zero-order chi connectivity index (χ0) is 15.6. The SMILES string of the molecule is Ic1ccc(-n2nnnc2-c2cnoc2-c2ccccc2)cc1. The van der Waals surface area contributed by atoms with E-state index in [1.807, 2.05) is 54.6 Å². The summed E-state index contributed by atoms with van der Waals surface area (Å²) in [6, 6.07) is 17.7. The molecule has 0 unspecified atom stereocenters. The van der Waals surface area contributed by atoms with Gasteiger partial charge in [-0.1, -0.05) is 35.5 Å². The van der Waals surface area contributed by atoms with Gasteiger partial charge in [0.15, 0.2) is 11.6 Å². The van der Waals surface area contributed by atoms with E-state index in [2.05, 4.69) is 43.3 Å². The largest absolute Gasteiger partial charge is 0.356 e. The Morgan fingerprint density at radius 3 is 2.52 bits per heavy atom. The number of hydrogen-bond acceptors (Lipinski definition) is 5. The van der Waals surface area contributed by atoms with E-state index < -0.39 is 0 Å². The molecule has 0 aliphatic carbocycles. The molecule has 0 atom stereocenters. The average molecular weight is 415 g/mol. The van der Waals surface area contributed by atoms with Gasteiger partial charge in [0.05, 0.1) is 17.4 Å². The van der Waals surface area contributed by atoms with Crippen molar-refractivity contribution < 1.29 is 4.52 Å². The van der Waals surface area contributed by atoms with Crippen LogP contribution in [0.5, 0.6) is 0 Å². The van der Waals surface area contributed by atoms with Crippen LogP contribution in [0.3, 0.4) is 0 Å². The van der Waals surface area contributed by atoms with E-state index in [9.17, 15) is 0 Å². The molecule has 0 spiro atoms. The van der Waals surface area contributed by atoms with Gasteiger partial charge in [-0.05, 0) is 57.3 Å². The zero-order valence-corrected chi connectivity index (χ0v) is 14.0. The maximum atomic E-state index is 5.42. The maximum absolute atomic E-state index is 5.42. The van der Waals surface area contributed by atoms with Gasteiger partial charge in [-0.15, -0.1) is 5.10 Å². The summed E-state index contributed by atoms with van der Waals surface area (Å²) in [7, 11) is 0. The maximum Gasteiger partial charge on any atom is 0.192 e. The van der Waals surface area contributed by atoms with E-state index in [1.54, 1.807) is 10.9 Å². The molecule has 0 saturated carbocycles. The molecule has 2 aromatic carbocycles. The monoisotopic (exact) mass is 415 g/mol. The van der Waals surface area contributed by atoms with Gasteiger partial charge >= 0.3 is 0 Å². The Kier molecular flexibility index (Phi) is 3.62. The molecule has 7 heteroatoms. The molecule has 23 heavy (non-hydrogen) atoms. The summed E-state index contributed by atoms with van der Waals surface area (Å²) in [5.74, 6) is 1.23. The highest BCUT2D eigenvalue weighted by atomic mass is 127. The van der Waals surface area contributed by atoms with E-state index in [4.69, 9.17) is 4.52 Å². The highest BCUT2D eigenvalue weighted by Crippen LogP contribution is 2.31. The van der Waals surface area contributed by atoms with Crippen molar-refractivity contribution in [1.82, 2.24) is 25.4 Å². The van der Waals surface area contributed by atoms with Gasteiger partial charge in [0.25, 0.3) is 0 Å². The smallest absolute Gasteiger partial charge is 0.192 e. The van der Waals surface area contributed by atoms with Crippen molar-refractivity contribution in [3.8, 4) is 28.4 Å². The van der Waals surface area contributed by atoms with E-state index in [1.165, 1.54) is 0 Å². The second-order valence-electron chi connectivity index (χ2n) is 4.83. The molecule has 4 aromatic rings. The Bertz CT molecular complexity index is 931. The quantitative estimate of drug-likeness (QED) is 0.479. The van der Waals surface area contributed by atoms with Crippen molar-refractivity contribution in [2.75, 3.05) is 0 Å². The van der Waals surface area contributed by atoms with Crippen LogP contribution in [-0.4, -0.2) is 25.4 Å². The van der Waals surface area contributed by atoms with Crippen LogP contribution < -0.4 is 0 Å². The van der Waals surface area contributed by atoms with Gasteiger partial charge in [0.1, 0.15) is 0 Å². The van der Waals surface area contributed by atoms with E-state index in [-0.39, 0.29) is 0 Å². The number of tetrazole rings is 1. The van der Waals surface area contributed by atoms with Gasteiger partial charge in [-0.25, -0.2) is 0 Å². The summed E-state index contributed by atoms with van der Waals surface area (Å²) in [5, 5.41) is 16.0. The van der Waals surface area contributed by atoms with Crippen LogP contribution in [0.15, 0.2) is 65.3 Å². The number of hydrogen-bond donors (Lipinski definition) is 0. The van der Waals surface area contributed by atoms with Crippen LogP contribution in [0.4, 0.5) is 0 Å². The Morgan fingerprint density at radius 2 is 1.74 bits per heavy atom. The summed E-state index contributed by atoms with van der Waals surface area (Å²) in [4.78, 5) is 0. The van der Waals surface area contributed by atoms with Crippen LogP contribution in [0.2, 0.25) is 0 Å². The third-order valence-corrected chi connectivity index (χ3v) is 4.11. The van der Waals surface area contributed by atoms with Crippen molar-refractivity contribution in [1.29, 1.82) is 0 Å². The fraction of sp³-hybridized carbons (Fsp3) is 0. The minimum Gasteiger partial charge on any atom is -0.356 e. The van der Waals surface area contributed by atoms with Crippen LogP contribution >= 0.6 is 22.6 Å². The molecule has 6 nitrogen and oxygen atoms in total. The first-order chi connectivity index (χ1) is 11.3. The highest BCUT2D eigenvalue weighted by molar-refractivity contribution is 14.1. The number of nitrogens with zero attached hydrogens (tertiary/aromatic N) is 5. The van der Waals surface area contributed by atoms with Crippen molar-refractivity contribution in [3.05, 3.63) is 64.4 Å². The fourth-order valence-corrected chi connectivity index (χ4v) is 2.67. The first kappa shape index (κ1) is 14.1. The fourth-order valence-electron chi connectivity index (χ4n) is 2.31. The Labute approximate surface area is 145 Å². The second kappa shape index (κ2) is 5.92. The summed E-state index contributed by atoms with van der Waals surface area (Å²) >= 11 is 2.26. The molecule has 4 rings (SSSR count). The second-order valence-corrected chi connectivity index (χ2v) is 6.07. The molecule has 112 valence electrons. The van der Waals surface area contributed by atoms with Gasteiger partial charge in [-0.3, -0.25) is 0 Å². The van der Waals surface area contributed by atoms with Crippen molar-refractivity contribution in [2.24, 2.45) is 0 Å². The molecule has 0 amide bonds. The predicted molar refractivity (Wildman–Crippen MR) is 92.8 cm³/mol. The Balaban J connectivity index is 1.84. The summed E-state index contributed by atoms with van der Waals surface area (Å²) in [6.07, 6.45) is 1.64. The van der Waals surface area contributed by atoms with Crippen molar-refractivity contribution >= 4 is 22.6 Å². The van der Waals surface area contributed by atoms with Crippen molar-refractivity contribution in [2.45, 2.75) is 0 Å². The first-order valence-corrected chi connectivity index (χ1v) is 7.95. The van der Waals surface area contributed by atoms with E-state index in [0.29, 0.717) is 11.6 Å². The lowest BCUT2D eigenvalue weighted by Gasteiger charge is -2.04. The number of benzene rings is 2. The van der Waals surface area contributed by atoms with Crippen molar-refractivity contribution in [3.63, 3.8) is 0 Å². The first-order valence-electron chi connectivity index (χ1n) is 6.88. The predicted octanol–water partition coefficient (Wildman–Crippen LogP) is 3.59. The molecule has 2 heterocycles. The molecule has 0 aliphatic rings. The molecule has 0 bridgehead atoms.